The van der Waals surface area contributed by atoms with E-state index in [0.29, 0.717) is 27.8 Å². The normalized spacial score (nSPS) is 10.8. The molecule has 1 heterocycles. The standard InChI is InChI=1S/C21H18O7/c1-11-15-7-8-17(27-10-13-3-5-14(6-4-13)20(24)25)12(2)19(15)28-21(26)16(11)9-18(22)23/h3-8H,9-10H2,1-2H3,(H,22,23)(H,24,25)/p-2. The number of hydrogen-bond acceptors (Lipinski definition) is 7. The largest absolute Gasteiger partial charge is 0.550 e. The number of rotatable bonds is 6. The van der Waals surface area contributed by atoms with Gasteiger partial charge in [-0.3, -0.25) is 0 Å². The van der Waals surface area contributed by atoms with Crippen LogP contribution in [0.2, 0.25) is 0 Å². The number of carbonyl (C=O) groups excluding carboxylic acids is 2. The summed E-state index contributed by atoms with van der Waals surface area (Å²) < 4.78 is 11.1. The summed E-state index contributed by atoms with van der Waals surface area (Å²) in [6, 6.07) is 9.53. The first-order valence-corrected chi connectivity index (χ1v) is 8.46. The molecule has 28 heavy (non-hydrogen) atoms. The number of aliphatic carboxylic acids is 1. The first kappa shape index (κ1) is 19.2. The minimum atomic E-state index is -1.35. The molecule has 0 N–H and O–H groups in total. The highest BCUT2D eigenvalue weighted by Crippen LogP contribution is 2.30. The summed E-state index contributed by atoms with van der Waals surface area (Å²) in [4.78, 5) is 33.8. The molecule has 2 aromatic carbocycles. The van der Waals surface area contributed by atoms with Crippen LogP contribution in [0.1, 0.15) is 32.6 Å². The highest BCUT2D eigenvalue weighted by molar-refractivity contribution is 5.87. The summed E-state index contributed by atoms with van der Waals surface area (Å²) in [5.41, 5.74) is 1.64. The van der Waals surface area contributed by atoms with Crippen LogP contribution in [0.4, 0.5) is 0 Å². The molecule has 0 saturated heterocycles. The Morgan fingerprint density at radius 3 is 2.29 bits per heavy atom. The zero-order valence-electron chi connectivity index (χ0n) is 15.2. The van der Waals surface area contributed by atoms with Gasteiger partial charge in [0, 0.05) is 28.9 Å². The molecule has 3 rings (SSSR count). The van der Waals surface area contributed by atoms with Crippen molar-refractivity contribution in [1.82, 2.24) is 0 Å². The van der Waals surface area contributed by atoms with Gasteiger partial charge >= 0.3 is 5.63 Å². The van der Waals surface area contributed by atoms with Gasteiger partial charge in [-0.2, -0.15) is 0 Å². The maximum atomic E-state index is 12.2. The molecule has 3 aromatic rings. The highest BCUT2D eigenvalue weighted by atomic mass is 16.5. The van der Waals surface area contributed by atoms with Gasteiger partial charge in [-0.25, -0.2) is 4.79 Å². The van der Waals surface area contributed by atoms with Crippen molar-refractivity contribution >= 4 is 22.9 Å². The van der Waals surface area contributed by atoms with Gasteiger partial charge in [0.15, 0.2) is 0 Å². The summed E-state index contributed by atoms with van der Waals surface area (Å²) in [7, 11) is 0. The molecule has 7 nitrogen and oxygen atoms in total. The second-order valence-electron chi connectivity index (χ2n) is 6.38. The number of ether oxygens (including phenoxy) is 1. The number of hydrogen-bond donors (Lipinski definition) is 0. The molecule has 0 amide bonds. The average molecular weight is 380 g/mol. The third-order valence-electron chi connectivity index (χ3n) is 4.56. The van der Waals surface area contributed by atoms with Crippen LogP contribution in [-0.2, 0) is 17.8 Å². The lowest BCUT2D eigenvalue weighted by molar-refractivity contribution is -0.304. The Morgan fingerprint density at radius 2 is 1.68 bits per heavy atom. The SMILES string of the molecule is Cc1c(CC(=O)[O-])c(=O)oc2c(C)c(OCc3ccc(C(=O)[O-])cc3)ccc12. The zero-order chi connectivity index (χ0) is 20.4. The summed E-state index contributed by atoms with van der Waals surface area (Å²) in [5, 5.41) is 22.3. The molecule has 7 heteroatoms. The van der Waals surface area contributed by atoms with E-state index in [9.17, 15) is 24.6 Å². The minimum absolute atomic E-state index is 0.0635. The summed E-state index contributed by atoms with van der Waals surface area (Å²) >= 11 is 0. The van der Waals surface area contributed by atoms with E-state index >= 15 is 0 Å². The second kappa shape index (κ2) is 7.56. The van der Waals surface area contributed by atoms with Crippen LogP contribution in [0.15, 0.2) is 45.6 Å². The van der Waals surface area contributed by atoms with Crippen LogP contribution < -0.4 is 20.6 Å². The Balaban J connectivity index is 1.91. The second-order valence-corrected chi connectivity index (χ2v) is 6.38. The molecule has 0 aliphatic heterocycles. The van der Waals surface area contributed by atoms with Gasteiger partial charge in [-0.15, -0.1) is 0 Å². The number of benzene rings is 2. The van der Waals surface area contributed by atoms with Crippen molar-refractivity contribution in [3.05, 3.63) is 74.6 Å². The molecule has 0 bridgehead atoms. The molecular weight excluding hydrogens is 364 g/mol. The van der Waals surface area contributed by atoms with Crippen molar-refractivity contribution in [2.45, 2.75) is 26.9 Å². The first-order valence-electron chi connectivity index (χ1n) is 8.46. The minimum Gasteiger partial charge on any atom is -0.550 e. The summed E-state index contributed by atoms with van der Waals surface area (Å²) in [6.45, 7) is 3.58. The van der Waals surface area contributed by atoms with E-state index in [1.807, 2.05) is 0 Å². The number of aromatic carboxylic acids is 1. The van der Waals surface area contributed by atoms with E-state index in [1.54, 1.807) is 38.1 Å². The lowest BCUT2D eigenvalue weighted by atomic mass is 10.0. The van der Waals surface area contributed by atoms with Gasteiger partial charge in [0.25, 0.3) is 0 Å². The fraction of sp³-hybridized carbons (Fsp3) is 0.190. The maximum Gasteiger partial charge on any atom is 0.340 e. The molecule has 1 aromatic heterocycles. The quantitative estimate of drug-likeness (QED) is 0.576. The molecule has 0 radical (unpaired) electrons. The molecule has 0 atom stereocenters. The lowest BCUT2D eigenvalue weighted by Gasteiger charge is -2.14. The van der Waals surface area contributed by atoms with Crippen LogP contribution in [0.3, 0.4) is 0 Å². The molecule has 0 spiro atoms. The molecule has 144 valence electrons. The van der Waals surface area contributed by atoms with Crippen LogP contribution in [-0.4, -0.2) is 11.9 Å². The van der Waals surface area contributed by atoms with Gasteiger partial charge in [0.2, 0.25) is 0 Å². The van der Waals surface area contributed by atoms with Crippen LogP contribution >= 0.6 is 0 Å². The van der Waals surface area contributed by atoms with E-state index in [-0.39, 0.29) is 17.7 Å². The molecular formula is C21H16O7-2. The first-order chi connectivity index (χ1) is 13.3. The van der Waals surface area contributed by atoms with E-state index < -0.39 is 24.0 Å². The Morgan fingerprint density at radius 1 is 1.00 bits per heavy atom. The van der Waals surface area contributed by atoms with Gasteiger partial charge in [-0.05, 0) is 42.7 Å². The van der Waals surface area contributed by atoms with Gasteiger partial charge in [0.1, 0.15) is 17.9 Å². The van der Waals surface area contributed by atoms with Crippen molar-refractivity contribution in [3.63, 3.8) is 0 Å². The van der Waals surface area contributed by atoms with Crippen LogP contribution in [0.5, 0.6) is 5.75 Å². The van der Waals surface area contributed by atoms with E-state index in [2.05, 4.69) is 0 Å². The van der Waals surface area contributed by atoms with E-state index in [0.717, 1.165) is 5.56 Å². The van der Waals surface area contributed by atoms with Crippen LogP contribution in [0.25, 0.3) is 11.0 Å². The van der Waals surface area contributed by atoms with Crippen molar-refractivity contribution in [3.8, 4) is 5.75 Å². The number of carbonyl (C=O) groups is 2. The topological polar surface area (TPSA) is 120 Å². The molecule has 0 saturated carbocycles. The molecule has 0 aliphatic rings. The van der Waals surface area contributed by atoms with Crippen LogP contribution in [0, 0.1) is 13.8 Å². The number of carboxylic acid groups (broad SMARTS) is 2. The monoisotopic (exact) mass is 380 g/mol. The Kier molecular flexibility index (Phi) is 5.17. The van der Waals surface area contributed by atoms with Crippen molar-refractivity contribution < 1.29 is 29.0 Å². The smallest absolute Gasteiger partial charge is 0.340 e. The average Bonchev–Trinajstić information content (AvgIpc) is 2.65. The van der Waals surface area contributed by atoms with Gasteiger partial charge in [0.05, 0.1) is 5.97 Å². The predicted molar refractivity (Wildman–Crippen MR) is 95.8 cm³/mol. The van der Waals surface area contributed by atoms with Crippen molar-refractivity contribution in [2.75, 3.05) is 0 Å². The summed E-state index contributed by atoms with van der Waals surface area (Å²) in [5.74, 6) is -2.11. The van der Waals surface area contributed by atoms with Crippen molar-refractivity contribution in [2.24, 2.45) is 0 Å². The number of carboxylic acids is 2. The third kappa shape index (κ3) is 3.73. The number of fused-ring (bicyclic) bond motifs is 1. The van der Waals surface area contributed by atoms with Crippen molar-refractivity contribution in [1.29, 1.82) is 0 Å². The Labute approximate surface area is 159 Å². The highest BCUT2D eigenvalue weighted by Gasteiger charge is 2.15. The fourth-order valence-corrected chi connectivity index (χ4v) is 2.97. The predicted octanol–water partition coefficient (Wildman–Crippen LogP) is 0.645. The summed E-state index contributed by atoms with van der Waals surface area (Å²) in [6.07, 6.45) is -0.511. The van der Waals surface area contributed by atoms with Gasteiger partial charge < -0.3 is 29.0 Å². The fourth-order valence-electron chi connectivity index (χ4n) is 2.97. The zero-order valence-corrected chi connectivity index (χ0v) is 15.2. The third-order valence-corrected chi connectivity index (χ3v) is 4.56. The molecule has 0 fully saturated rings. The molecule has 0 unspecified atom stereocenters. The number of aryl methyl sites for hydroxylation is 2. The molecule has 0 aliphatic carbocycles. The van der Waals surface area contributed by atoms with E-state index in [1.165, 1.54) is 12.1 Å². The lowest BCUT2D eigenvalue weighted by Crippen LogP contribution is -2.27. The Bertz CT molecular complexity index is 1120. The maximum absolute atomic E-state index is 12.2. The van der Waals surface area contributed by atoms with Gasteiger partial charge in [-0.1, -0.05) is 24.3 Å². The van der Waals surface area contributed by atoms with E-state index in [4.69, 9.17) is 9.15 Å². The Hall–Kier alpha value is -3.61.